The van der Waals surface area contributed by atoms with Crippen LogP contribution in [0.25, 0.3) is 44.9 Å². The first kappa shape index (κ1) is 32.0. The first-order valence-electron chi connectivity index (χ1n) is 15.9. The zero-order valence-electron chi connectivity index (χ0n) is 26.2. The van der Waals surface area contributed by atoms with Gasteiger partial charge >= 0.3 is 5.97 Å². The monoisotopic (exact) mass is 679 g/mol. The number of aromatic amines is 1. The number of benzene rings is 4. The fourth-order valence-electron chi connectivity index (χ4n) is 6.35. The molecule has 4 aromatic carbocycles. The maximum atomic E-state index is 14.0. The molecule has 1 saturated carbocycles. The van der Waals surface area contributed by atoms with E-state index >= 15 is 0 Å². The van der Waals surface area contributed by atoms with E-state index in [4.69, 9.17) is 26.4 Å². The van der Waals surface area contributed by atoms with Crippen LogP contribution in [0.3, 0.4) is 0 Å². The Kier molecular flexibility index (Phi) is 9.03. The molecule has 248 valence electrons. The Hall–Kier alpha value is -5.62. The van der Waals surface area contributed by atoms with E-state index in [0.717, 1.165) is 40.8 Å². The number of hydrogen-bond donors (Lipinski definition) is 3. The van der Waals surface area contributed by atoms with E-state index in [-0.39, 0.29) is 17.2 Å². The molecule has 0 spiro atoms. The van der Waals surface area contributed by atoms with Gasteiger partial charge in [-0.05, 0) is 101 Å². The maximum absolute atomic E-state index is 14.0. The normalized spacial score (nSPS) is 13.4. The van der Waals surface area contributed by atoms with Crippen molar-refractivity contribution in [1.82, 2.24) is 35.5 Å². The lowest BCUT2D eigenvalue weighted by molar-refractivity contribution is -0.135. The van der Waals surface area contributed by atoms with E-state index in [1.807, 2.05) is 36.4 Å². The highest BCUT2D eigenvalue weighted by Gasteiger charge is 2.23. The summed E-state index contributed by atoms with van der Waals surface area (Å²) >= 11 is 6.08. The number of aromatic nitrogens is 6. The second kappa shape index (κ2) is 13.9. The highest BCUT2D eigenvalue weighted by Crippen LogP contribution is 2.37. The predicted octanol–water partition coefficient (Wildman–Crippen LogP) is 7.24. The molecule has 2 aromatic heterocycles. The van der Waals surface area contributed by atoms with Gasteiger partial charge in [0.25, 0.3) is 5.91 Å². The number of halogens is 2. The van der Waals surface area contributed by atoms with Crippen molar-refractivity contribution in [1.29, 1.82) is 0 Å². The van der Waals surface area contributed by atoms with Crippen molar-refractivity contribution in [2.75, 3.05) is 6.54 Å². The van der Waals surface area contributed by atoms with E-state index in [1.165, 1.54) is 31.4 Å². The van der Waals surface area contributed by atoms with Crippen LogP contribution < -0.4 is 10.1 Å². The van der Waals surface area contributed by atoms with Crippen molar-refractivity contribution in [2.24, 2.45) is 0 Å². The molecular formula is C36H31ClFN7O4. The Morgan fingerprint density at radius 1 is 0.959 bits per heavy atom. The van der Waals surface area contributed by atoms with Crippen molar-refractivity contribution in [2.45, 2.75) is 44.8 Å². The molecule has 0 bridgehead atoms. The van der Waals surface area contributed by atoms with Gasteiger partial charge in [0.05, 0.1) is 16.1 Å². The third-order valence-electron chi connectivity index (χ3n) is 8.74. The first-order valence-corrected chi connectivity index (χ1v) is 16.3. The quantitative estimate of drug-likeness (QED) is 0.137. The molecule has 3 N–H and O–H groups in total. The minimum Gasteiger partial charge on any atom is -0.489 e. The largest absolute Gasteiger partial charge is 0.489 e. The number of carbonyl (C=O) groups excluding carboxylic acids is 1. The molecule has 7 rings (SSSR count). The van der Waals surface area contributed by atoms with Gasteiger partial charge in [0, 0.05) is 22.7 Å². The molecule has 0 radical (unpaired) electrons. The first-order chi connectivity index (χ1) is 23.8. The fourth-order valence-corrected chi connectivity index (χ4v) is 6.53. The number of amides is 1. The van der Waals surface area contributed by atoms with Crippen LogP contribution in [0, 0.1) is 5.82 Å². The van der Waals surface area contributed by atoms with E-state index in [1.54, 1.807) is 24.3 Å². The highest BCUT2D eigenvalue weighted by molar-refractivity contribution is 6.31. The smallest absolute Gasteiger partial charge is 0.322 e. The van der Waals surface area contributed by atoms with Crippen LogP contribution in [-0.4, -0.2) is 53.7 Å². The number of carbonyl (C=O) groups is 2. The molecule has 0 saturated heterocycles. The minimum absolute atomic E-state index is 0.0338. The van der Waals surface area contributed by atoms with Crippen LogP contribution in [-0.2, 0) is 11.4 Å². The number of fused-ring (bicyclic) bond motifs is 1. The summed E-state index contributed by atoms with van der Waals surface area (Å²) in [6.07, 6.45) is 5.75. The summed E-state index contributed by atoms with van der Waals surface area (Å²) in [5.41, 5.74) is 5.89. The highest BCUT2D eigenvalue weighted by atomic mass is 35.5. The number of carboxylic acid groups (broad SMARTS) is 1. The van der Waals surface area contributed by atoms with Crippen LogP contribution >= 0.6 is 11.6 Å². The molecule has 1 aliphatic carbocycles. The Morgan fingerprint density at radius 2 is 1.73 bits per heavy atom. The molecule has 6 aromatic rings. The maximum Gasteiger partial charge on any atom is 0.322 e. The van der Waals surface area contributed by atoms with Crippen molar-refractivity contribution in [3.63, 3.8) is 0 Å². The average Bonchev–Trinajstić information content (AvgIpc) is 3.80. The van der Waals surface area contributed by atoms with Crippen LogP contribution in [0.4, 0.5) is 4.39 Å². The summed E-state index contributed by atoms with van der Waals surface area (Å²) in [7, 11) is 0. The molecule has 13 heteroatoms. The molecule has 1 fully saturated rings. The third-order valence-corrected chi connectivity index (χ3v) is 9.03. The van der Waals surface area contributed by atoms with E-state index in [0.29, 0.717) is 34.3 Å². The van der Waals surface area contributed by atoms with E-state index in [9.17, 15) is 14.0 Å². The number of imidazole rings is 1. The van der Waals surface area contributed by atoms with Crippen LogP contribution in [0.1, 0.15) is 54.1 Å². The summed E-state index contributed by atoms with van der Waals surface area (Å²) in [5.74, 6) is -0.268. The molecule has 2 heterocycles. The molecule has 1 aliphatic rings. The van der Waals surface area contributed by atoms with Crippen molar-refractivity contribution < 1.29 is 23.8 Å². The molecule has 11 nitrogen and oxygen atoms in total. The lowest BCUT2D eigenvalue weighted by Gasteiger charge is -2.25. The second-order valence-corrected chi connectivity index (χ2v) is 12.3. The Morgan fingerprint density at radius 3 is 2.47 bits per heavy atom. The zero-order valence-corrected chi connectivity index (χ0v) is 27.0. The molecule has 0 atom stereocenters. The standard InChI is InChI=1S/C36H31ClFN7O4/c37-29-17-22(9-14-30(29)38)28-13-8-24(36(48)39-19-33(46)47)16-25(28)20-49-27-11-6-21(7-12-27)35-40-31-18-23(34-41-43-44-42-34)10-15-32(31)45(35)26-4-2-1-3-5-26/h6-18,26H,1-5,19-20H2,(H,39,48)(H,46,47)(H,41,42,43,44). The number of hydrogen-bond acceptors (Lipinski definition) is 7. The summed E-state index contributed by atoms with van der Waals surface area (Å²) in [5, 5.41) is 25.8. The fraction of sp³-hybridized carbons (Fsp3) is 0.222. The van der Waals surface area contributed by atoms with Gasteiger partial charge in [-0.15, -0.1) is 10.2 Å². The van der Waals surface area contributed by atoms with Crippen molar-refractivity contribution in [3.8, 4) is 39.7 Å². The van der Waals surface area contributed by atoms with Gasteiger partial charge in [-0.25, -0.2) is 9.37 Å². The van der Waals surface area contributed by atoms with Gasteiger partial charge in [0.1, 0.15) is 30.5 Å². The van der Waals surface area contributed by atoms with Gasteiger partial charge in [-0.2, -0.15) is 5.21 Å². The number of carboxylic acids is 1. The summed E-state index contributed by atoms with van der Waals surface area (Å²) in [4.78, 5) is 28.7. The average molecular weight is 680 g/mol. The summed E-state index contributed by atoms with van der Waals surface area (Å²) < 4.78 is 22.5. The van der Waals surface area contributed by atoms with Crippen molar-refractivity contribution in [3.05, 3.63) is 101 Å². The third kappa shape index (κ3) is 6.86. The van der Waals surface area contributed by atoms with Gasteiger partial charge in [0.15, 0.2) is 0 Å². The number of aliphatic carboxylic acids is 1. The molecule has 0 aliphatic heterocycles. The number of H-pyrrole nitrogens is 1. The second-order valence-electron chi connectivity index (χ2n) is 11.9. The van der Waals surface area contributed by atoms with Crippen LogP contribution in [0.2, 0.25) is 5.02 Å². The Balaban J connectivity index is 1.18. The number of nitrogens with zero attached hydrogens (tertiary/aromatic N) is 5. The number of rotatable bonds is 10. The summed E-state index contributed by atoms with van der Waals surface area (Å²) in [6, 6.07) is 23.4. The molecule has 1 amide bonds. The molecular weight excluding hydrogens is 649 g/mol. The Bertz CT molecular complexity index is 2150. The van der Waals surface area contributed by atoms with Gasteiger partial charge in [0.2, 0.25) is 5.82 Å². The van der Waals surface area contributed by atoms with Crippen molar-refractivity contribution >= 4 is 34.5 Å². The zero-order chi connectivity index (χ0) is 33.9. The number of ether oxygens (including phenoxy) is 1. The molecule has 49 heavy (non-hydrogen) atoms. The molecule has 0 unspecified atom stereocenters. The van der Waals surface area contributed by atoms with Gasteiger partial charge in [-0.3, -0.25) is 9.59 Å². The van der Waals surface area contributed by atoms with Crippen LogP contribution in [0.5, 0.6) is 5.75 Å². The Labute approximate surface area is 285 Å². The summed E-state index contributed by atoms with van der Waals surface area (Å²) in [6.45, 7) is -0.440. The topological polar surface area (TPSA) is 148 Å². The van der Waals surface area contributed by atoms with Crippen LogP contribution in [0.15, 0.2) is 78.9 Å². The van der Waals surface area contributed by atoms with E-state index < -0.39 is 24.2 Å². The SMILES string of the molecule is O=C(O)CNC(=O)c1ccc(-c2ccc(F)c(Cl)c2)c(COc2ccc(-c3nc4cc(-c5nn[nH]n5)ccc4n3C3CCCCC3)cc2)c1. The lowest BCUT2D eigenvalue weighted by Crippen LogP contribution is -2.29. The number of tetrazole rings is 1. The van der Waals surface area contributed by atoms with Gasteiger partial charge < -0.3 is 19.7 Å². The predicted molar refractivity (Wildman–Crippen MR) is 182 cm³/mol. The van der Waals surface area contributed by atoms with Gasteiger partial charge in [-0.1, -0.05) is 43.0 Å². The minimum atomic E-state index is -1.15. The lowest BCUT2D eigenvalue weighted by atomic mass is 9.95. The number of nitrogens with one attached hydrogen (secondary N) is 2. The van der Waals surface area contributed by atoms with E-state index in [2.05, 4.69) is 36.6 Å².